The number of benzene rings is 1. The van der Waals surface area contributed by atoms with E-state index in [0.717, 1.165) is 67.3 Å². The van der Waals surface area contributed by atoms with Crippen LogP contribution >= 0.6 is 0 Å². The summed E-state index contributed by atoms with van der Waals surface area (Å²) in [6, 6.07) is 10.6. The Kier molecular flexibility index (Phi) is 7.95. The van der Waals surface area contributed by atoms with Crippen LogP contribution in [0.5, 0.6) is 0 Å². The number of hydrogen-bond donors (Lipinski definition) is 2. The van der Waals surface area contributed by atoms with Gasteiger partial charge in [-0.05, 0) is 93.9 Å². The van der Waals surface area contributed by atoms with Gasteiger partial charge in [0.25, 0.3) is 0 Å². The molecule has 4 aliphatic heterocycles. The number of piperidine rings is 3. The predicted octanol–water partition coefficient (Wildman–Crippen LogP) is 5.53. The highest BCUT2D eigenvalue weighted by Gasteiger charge is 2.48. The lowest BCUT2D eigenvalue weighted by atomic mass is 9.73. The molecule has 4 heterocycles. The maximum atomic E-state index is 12.2. The standard InChI is InChI=1S/C34H48N4O4/c39-32(40)21-35-14-6-9-25(20-35)34-36(22-33(41)42)30-12-3-4-13-31(30)38(34)29-18-26-10-5-11-27(19-29)37(26)28-16-23-7-1-2-8-24(15-23)17-28/h3-4,12-13,23-24,26-29H,1-2,5-11,14-22H2,(H,39,40)(H,41,42)/b34-25+. The van der Waals surface area contributed by atoms with Crippen LogP contribution in [-0.4, -0.2) is 82.3 Å². The Morgan fingerprint density at radius 1 is 0.714 bits per heavy atom. The maximum absolute atomic E-state index is 12.2. The first-order valence-corrected chi connectivity index (χ1v) is 16.8. The maximum Gasteiger partial charge on any atom is 0.323 e. The molecule has 42 heavy (non-hydrogen) atoms. The van der Waals surface area contributed by atoms with Crippen molar-refractivity contribution in [2.24, 2.45) is 11.8 Å². The van der Waals surface area contributed by atoms with Gasteiger partial charge in [0.2, 0.25) is 0 Å². The summed E-state index contributed by atoms with van der Waals surface area (Å²) in [6.07, 6.45) is 17.8. The van der Waals surface area contributed by atoms with Crippen LogP contribution in [0.1, 0.15) is 89.9 Å². The number of anilines is 2. The molecule has 7 rings (SSSR count). The number of nitrogens with zero attached hydrogens (tertiary/aromatic N) is 4. The molecule has 4 atom stereocenters. The van der Waals surface area contributed by atoms with Gasteiger partial charge in [-0.15, -0.1) is 0 Å². The Labute approximate surface area is 250 Å². The molecule has 0 spiro atoms. The highest BCUT2D eigenvalue weighted by Crippen LogP contribution is 2.50. The molecule has 8 heteroatoms. The molecule has 1 aromatic rings. The molecule has 4 unspecified atom stereocenters. The quantitative estimate of drug-likeness (QED) is 0.457. The lowest BCUT2D eigenvalue weighted by Gasteiger charge is -2.56. The van der Waals surface area contributed by atoms with Crippen LogP contribution in [0.4, 0.5) is 11.4 Å². The third kappa shape index (κ3) is 5.45. The molecule has 4 bridgehead atoms. The SMILES string of the molecule is O=C(O)CN1CCC/C(=C2/N(CC(=O)O)c3ccccc3N2C2CC3CCCC(C2)N3C2CC3CCCCC(C3)C2)C1. The van der Waals surface area contributed by atoms with Gasteiger partial charge in [-0.1, -0.05) is 44.2 Å². The second-order valence-corrected chi connectivity index (χ2v) is 14.2. The van der Waals surface area contributed by atoms with Crippen molar-refractivity contribution < 1.29 is 19.8 Å². The number of carbonyl (C=O) groups is 2. The van der Waals surface area contributed by atoms with Crippen molar-refractivity contribution in [3.8, 4) is 0 Å². The summed E-state index contributed by atoms with van der Waals surface area (Å²) in [5, 5.41) is 19.5. The largest absolute Gasteiger partial charge is 0.480 e. The monoisotopic (exact) mass is 576 g/mol. The van der Waals surface area contributed by atoms with E-state index in [-0.39, 0.29) is 13.1 Å². The third-order valence-corrected chi connectivity index (χ3v) is 11.4. The zero-order valence-electron chi connectivity index (χ0n) is 25.0. The van der Waals surface area contributed by atoms with E-state index in [1.165, 1.54) is 69.8 Å². The van der Waals surface area contributed by atoms with Gasteiger partial charge < -0.3 is 20.0 Å². The molecule has 0 aromatic heterocycles. The molecule has 1 aromatic carbocycles. The Hall–Kier alpha value is -2.58. The minimum absolute atomic E-state index is 0.0224. The van der Waals surface area contributed by atoms with E-state index < -0.39 is 11.9 Å². The first-order chi connectivity index (χ1) is 20.4. The number of fused-ring (bicyclic) bond motifs is 5. The molecule has 0 radical (unpaired) electrons. The number of rotatable bonds is 6. The summed E-state index contributed by atoms with van der Waals surface area (Å²) in [7, 11) is 0. The van der Waals surface area contributed by atoms with Crippen molar-refractivity contribution >= 4 is 23.3 Å². The van der Waals surface area contributed by atoms with Crippen molar-refractivity contribution in [2.75, 3.05) is 36.0 Å². The van der Waals surface area contributed by atoms with Gasteiger partial charge in [0.15, 0.2) is 0 Å². The van der Waals surface area contributed by atoms with E-state index in [4.69, 9.17) is 0 Å². The fourth-order valence-corrected chi connectivity index (χ4v) is 10.0. The molecule has 2 aliphatic carbocycles. The summed E-state index contributed by atoms with van der Waals surface area (Å²) in [5.41, 5.74) is 3.28. The van der Waals surface area contributed by atoms with Crippen molar-refractivity contribution in [3.05, 3.63) is 35.7 Å². The summed E-state index contributed by atoms with van der Waals surface area (Å²) < 4.78 is 0. The van der Waals surface area contributed by atoms with Crippen molar-refractivity contribution in [1.82, 2.24) is 9.80 Å². The van der Waals surface area contributed by atoms with Crippen molar-refractivity contribution in [1.29, 1.82) is 0 Å². The summed E-state index contributed by atoms with van der Waals surface area (Å²) in [5.74, 6) is 1.21. The Bertz CT molecular complexity index is 1190. The van der Waals surface area contributed by atoms with E-state index in [1.807, 2.05) is 15.9 Å². The molecular formula is C34H48N4O4. The molecule has 8 nitrogen and oxygen atoms in total. The minimum Gasteiger partial charge on any atom is -0.480 e. The first-order valence-electron chi connectivity index (χ1n) is 16.8. The summed E-state index contributed by atoms with van der Waals surface area (Å²) >= 11 is 0. The van der Waals surface area contributed by atoms with Crippen LogP contribution in [0.2, 0.25) is 0 Å². The topological polar surface area (TPSA) is 87.6 Å². The summed E-state index contributed by atoms with van der Waals surface area (Å²) in [6.45, 7) is 1.29. The average molecular weight is 577 g/mol. The second kappa shape index (κ2) is 11.8. The van der Waals surface area contributed by atoms with Crippen LogP contribution < -0.4 is 9.80 Å². The van der Waals surface area contributed by atoms with Gasteiger partial charge in [-0.25, -0.2) is 0 Å². The van der Waals surface area contributed by atoms with Gasteiger partial charge in [-0.2, -0.15) is 0 Å². The van der Waals surface area contributed by atoms with Gasteiger partial charge in [0.05, 0.1) is 17.9 Å². The molecule has 5 fully saturated rings. The van der Waals surface area contributed by atoms with E-state index >= 15 is 0 Å². The predicted molar refractivity (Wildman–Crippen MR) is 164 cm³/mol. The van der Waals surface area contributed by atoms with Crippen LogP contribution in [0.3, 0.4) is 0 Å². The molecule has 3 saturated heterocycles. The van der Waals surface area contributed by atoms with Crippen molar-refractivity contribution in [2.45, 2.75) is 114 Å². The lowest BCUT2D eigenvalue weighted by Crippen LogP contribution is -2.61. The Balaban J connectivity index is 1.21. The minimum atomic E-state index is -0.839. The van der Waals surface area contributed by atoms with E-state index in [2.05, 4.69) is 28.0 Å². The number of carboxylic acids is 2. The van der Waals surface area contributed by atoms with Gasteiger partial charge in [0, 0.05) is 30.7 Å². The molecule has 0 amide bonds. The van der Waals surface area contributed by atoms with Crippen LogP contribution in [0, 0.1) is 11.8 Å². The Morgan fingerprint density at radius 2 is 1.38 bits per heavy atom. The highest BCUT2D eigenvalue weighted by atomic mass is 16.4. The number of para-hydroxylation sites is 2. The zero-order valence-corrected chi connectivity index (χ0v) is 25.0. The lowest BCUT2D eigenvalue weighted by molar-refractivity contribution is -0.138. The normalized spacial score (nSPS) is 35.5. The van der Waals surface area contributed by atoms with Gasteiger partial charge in [-0.3, -0.25) is 19.4 Å². The number of hydrogen-bond acceptors (Lipinski definition) is 6. The van der Waals surface area contributed by atoms with Crippen LogP contribution in [0.25, 0.3) is 0 Å². The van der Waals surface area contributed by atoms with Gasteiger partial charge in [0.1, 0.15) is 12.4 Å². The zero-order chi connectivity index (χ0) is 28.8. The average Bonchev–Trinajstić information content (AvgIpc) is 3.17. The molecular weight excluding hydrogens is 528 g/mol. The Morgan fingerprint density at radius 3 is 2.05 bits per heavy atom. The number of carboxylic acid groups (broad SMARTS) is 2. The molecule has 2 saturated carbocycles. The fraction of sp³-hybridized carbons (Fsp3) is 0.706. The van der Waals surface area contributed by atoms with E-state index in [1.54, 1.807) is 0 Å². The van der Waals surface area contributed by atoms with Crippen LogP contribution in [0.15, 0.2) is 35.7 Å². The van der Waals surface area contributed by atoms with Crippen LogP contribution in [-0.2, 0) is 9.59 Å². The molecule has 6 aliphatic rings. The summed E-state index contributed by atoms with van der Waals surface area (Å²) in [4.78, 5) is 33.3. The smallest absolute Gasteiger partial charge is 0.323 e. The van der Waals surface area contributed by atoms with E-state index in [9.17, 15) is 19.8 Å². The number of likely N-dealkylation sites (tertiary alicyclic amines) is 1. The fourth-order valence-electron chi connectivity index (χ4n) is 10.0. The second-order valence-electron chi connectivity index (χ2n) is 14.2. The molecule has 2 N–H and O–H groups in total. The first kappa shape index (κ1) is 28.2. The third-order valence-electron chi connectivity index (χ3n) is 11.4. The highest BCUT2D eigenvalue weighted by molar-refractivity contribution is 5.88. The van der Waals surface area contributed by atoms with E-state index in [0.29, 0.717) is 24.7 Å². The number of aliphatic carboxylic acids is 2. The molecule has 228 valence electrons. The van der Waals surface area contributed by atoms with Crippen molar-refractivity contribution in [3.63, 3.8) is 0 Å². The van der Waals surface area contributed by atoms with Gasteiger partial charge >= 0.3 is 11.9 Å².